The zero-order valence-corrected chi connectivity index (χ0v) is 16.2. The first kappa shape index (κ1) is 19.5. The number of ether oxygens (including phenoxy) is 2. The van der Waals surface area contributed by atoms with Gasteiger partial charge in [0.1, 0.15) is 0 Å². The molecule has 1 saturated heterocycles. The summed E-state index contributed by atoms with van der Waals surface area (Å²) in [5, 5.41) is 2.82. The number of anilines is 2. The number of carbonyl (C=O) groups is 2. The molecule has 0 saturated carbocycles. The van der Waals surface area contributed by atoms with Crippen LogP contribution in [0.1, 0.15) is 40.0 Å². The Morgan fingerprint density at radius 2 is 1.68 bits per heavy atom. The highest BCUT2D eigenvalue weighted by Gasteiger charge is 2.24. The number of piperidine rings is 1. The Kier molecular flexibility index (Phi) is 6.03. The largest absolute Gasteiger partial charge is 0.493 e. The molecule has 0 aliphatic carbocycles. The van der Waals surface area contributed by atoms with Gasteiger partial charge in [-0.2, -0.15) is 0 Å². The van der Waals surface area contributed by atoms with Crippen LogP contribution in [0.3, 0.4) is 0 Å². The molecule has 7 heteroatoms. The first-order chi connectivity index (χ1) is 13.5. The molecule has 0 aromatic heterocycles. The van der Waals surface area contributed by atoms with Gasteiger partial charge in [0, 0.05) is 30.4 Å². The third-order valence-corrected chi connectivity index (χ3v) is 4.79. The third-order valence-electron chi connectivity index (χ3n) is 4.79. The van der Waals surface area contributed by atoms with Crippen molar-refractivity contribution < 1.29 is 19.1 Å². The number of rotatable bonds is 5. The van der Waals surface area contributed by atoms with Crippen molar-refractivity contribution in [2.24, 2.45) is 0 Å². The molecule has 3 N–H and O–H groups in total. The monoisotopic (exact) mass is 383 g/mol. The molecule has 1 aliphatic rings. The van der Waals surface area contributed by atoms with Crippen molar-refractivity contribution in [1.82, 2.24) is 4.90 Å². The molecule has 0 radical (unpaired) electrons. The average molecular weight is 383 g/mol. The molecule has 1 fully saturated rings. The van der Waals surface area contributed by atoms with Crippen LogP contribution >= 0.6 is 0 Å². The van der Waals surface area contributed by atoms with Crippen molar-refractivity contribution in [2.75, 3.05) is 38.4 Å². The summed E-state index contributed by atoms with van der Waals surface area (Å²) in [5.74, 6) is 0.376. The summed E-state index contributed by atoms with van der Waals surface area (Å²) in [7, 11) is 3.02. The smallest absolute Gasteiger partial charge is 0.256 e. The van der Waals surface area contributed by atoms with Gasteiger partial charge in [-0.1, -0.05) is 6.07 Å². The molecule has 2 aromatic rings. The fourth-order valence-corrected chi connectivity index (χ4v) is 3.30. The van der Waals surface area contributed by atoms with Gasteiger partial charge in [-0.25, -0.2) is 0 Å². The predicted molar refractivity (Wildman–Crippen MR) is 108 cm³/mol. The first-order valence-electron chi connectivity index (χ1n) is 9.25. The van der Waals surface area contributed by atoms with Crippen LogP contribution in [-0.4, -0.2) is 44.0 Å². The maximum atomic E-state index is 13.1. The molecule has 0 atom stereocenters. The minimum atomic E-state index is -0.354. The number of likely N-dealkylation sites (tertiary alicyclic amines) is 1. The Bertz CT molecular complexity index is 876. The number of carbonyl (C=O) groups excluding carboxylic acids is 2. The van der Waals surface area contributed by atoms with Crippen molar-refractivity contribution in [1.29, 1.82) is 0 Å². The second kappa shape index (κ2) is 8.65. The summed E-state index contributed by atoms with van der Waals surface area (Å²) in [6.45, 7) is 1.41. The number of hydrogen-bond donors (Lipinski definition) is 2. The minimum Gasteiger partial charge on any atom is -0.493 e. The van der Waals surface area contributed by atoms with E-state index in [2.05, 4.69) is 5.32 Å². The molecule has 0 unspecified atom stereocenters. The van der Waals surface area contributed by atoms with Gasteiger partial charge in [0.05, 0.1) is 25.5 Å². The van der Waals surface area contributed by atoms with Crippen LogP contribution in [-0.2, 0) is 0 Å². The van der Waals surface area contributed by atoms with E-state index in [1.54, 1.807) is 41.3 Å². The second-order valence-electron chi connectivity index (χ2n) is 6.69. The van der Waals surface area contributed by atoms with Gasteiger partial charge in [-0.3, -0.25) is 9.59 Å². The van der Waals surface area contributed by atoms with E-state index in [0.29, 0.717) is 47.1 Å². The van der Waals surface area contributed by atoms with Crippen LogP contribution in [0, 0.1) is 0 Å². The second-order valence-corrected chi connectivity index (χ2v) is 6.69. The Morgan fingerprint density at radius 1 is 1.00 bits per heavy atom. The lowest BCUT2D eigenvalue weighted by Gasteiger charge is -2.28. The minimum absolute atomic E-state index is 0.136. The molecular weight excluding hydrogens is 358 g/mol. The molecule has 7 nitrogen and oxygen atoms in total. The predicted octanol–water partition coefficient (Wildman–Crippen LogP) is 3.16. The Balaban J connectivity index is 1.97. The Morgan fingerprint density at radius 3 is 2.32 bits per heavy atom. The van der Waals surface area contributed by atoms with Crippen molar-refractivity contribution in [3.05, 3.63) is 47.5 Å². The zero-order chi connectivity index (χ0) is 20.1. The summed E-state index contributed by atoms with van der Waals surface area (Å²) in [4.78, 5) is 27.6. The Labute approximate surface area is 164 Å². The van der Waals surface area contributed by atoms with Crippen LogP contribution < -0.4 is 20.5 Å². The fraction of sp³-hybridized carbons (Fsp3) is 0.333. The van der Waals surface area contributed by atoms with Crippen molar-refractivity contribution in [2.45, 2.75) is 19.3 Å². The summed E-state index contributed by atoms with van der Waals surface area (Å²) in [5.41, 5.74) is 7.42. The topological polar surface area (TPSA) is 93.9 Å². The lowest BCUT2D eigenvalue weighted by molar-refractivity contribution is 0.0725. The van der Waals surface area contributed by atoms with Crippen LogP contribution in [0.4, 0.5) is 11.4 Å². The SMILES string of the molecule is COc1cc(NC(=O)c2cccc(N)c2)c(C(=O)N2CCCCC2)cc1OC. The summed E-state index contributed by atoms with van der Waals surface area (Å²) in [6.07, 6.45) is 3.07. The lowest BCUT2D eigenvalue weighted by Crippen LogP contribution is -2.36. The van der Waals surface area contributed by atoms with E-state index < -0.39 is 0 Å². The number of nitrogens with zero attached hydrogens (tertiary/aromatic N) is 1. The summed E-state index contributed by atoms with van der Waals surface area (Å²) in [6, 6.07) is 9.89. The molecular formula is C21H25N3O4. The number of amides is 2. The number of nitrogen functional groups attached to an aromatic ring is 1. The van der Waals surface area contributed by atoms with Crippen LogP contribution in [0.2, 0.25) is 0 Å². The number of benzene rings is 2. The van der Waals surface area contributed by atoms with Crippen molar-refractivity contribution in [3.63, 3.8) is 0 Å². The van der Waals surface area contributed by atoms with Gasteiger partial charge in [0.15, 0.2) is 11.5 Å². The quantitative estimate of drug-likeness (QED) is 0.774. The molecule has 148 valence electrons. The molecule has 28 heavy (non-hydrogen) atoms. The van der Waals surface area contributed by atoms with Gasteiger partial charge >= 0.3 is 0 Å². The normalized spacial score (nSPS) is 13.7. The number of nitrogens with one attached hydrogen (secondary N) is 1. The van der Waals surface area contributed by atoms with Gasteiger partial charge < -0.3 is 25.4 Å². The van der Waals surface area contributed by atoms with Crippen molar-refractivity contribution >= 4 is 23.2 Å². The molecule has 1 heterocycles. The maximum absolute atomic E-state index is 13.1. The summed E-state index contributed by atoms with van der Waals surface area (Å²) < 4.78 is 10.7. The third kappa shape index (κ3) is 4.19. The van der Waals surface area contributed by atoms with Crippen LogP contribution in [0.15, 0.2) is 36.4 Å². The average Bonchev–Trinajstić information content (AvgIpc) is 2.73. The van der Waals surface area contributed by atoms with E-state index >= 15 is 0 Å². The van der Waals surface area contributed by atoms with E-state index in [9.17, 15) is 9.59 Å². The van der Waals surface area contributed by atoms with Gasteiger partial charge in [-0.15, -0.1) is 0 Å². The molecule has 0 spiro atoms. The van der Waals surface area contributed by atoms with Crippen molar-refractivity contribution in [3.8, 4) is 11.5 Å². The highest BCUT2D eigenvalue weighted by Crippen LogP contribution is 2.34. The molecule has 3 rings (SSSR count). The van der Waals surface area contributed by atoms with Gasteiger partial charge in [-0.05, 0) is 43.5 Å². The van der Waals surface area contributed by atoms with E-state index in [0.717, 1.165) is 19.3 Å². The highest BCUT2D eigenvalue weighted by atomic mass is 16.5. The lowest BCUT2D eigenvalue weighted by atomic mass is 10.1. The van der Waals surface area contributed by atoms with E-state index in [1.807, 2.05) is 0 Å². The molecule has 2 aromatic carbocycles. The number of hydrogen-bond acceptors (Lipinski definition) is 5. The summed E-state index contributed by atoms with van der Waals surface area (Å²) >= 11 is 0. The molecule has 1 aliphatic heterocycles. The number of methoxy groups -OCH3 is 2. The standard InChI is InChI=1S/C21H25N3O4/c1-27-18-12-16(21(26)24-9-4-3-5-10-24)17(13-19(18)28-2)23-20(25)14-7-6-8-15(22)11-14/h6-8,11-13H,3-5,9-10,22H2,1-2H3,(H,23,25). The van der Waals surface area contributed by atoms with Crippen LogP contribution in [0.5, 0.6) is 11.5 Å². The maximum Gasteiger partial charge on any atom is 0.256 e. The first-order valence-corrected chi connectivity index (χ1v) is 9.25. The van der Waals surface area contributed by atoms with E-state index in [4.69, 9.17) is 15.2 Å². The van der Waals surface area contributed by atoms with E-state index in [1.165, 1.54) is 14.2 Å². The van der Waals surface area contributed by atoms with Crippen LogP contribution in [0.25, 0.3) is 0 Å². The molecule has 2 amide bonds. The van der Waals surface area contributed by atoms with Gasteiger partial charge in [0.25, 0.3) is 11.8 Å². The van der Waals surface area contributed by atoms with E-state index in [-0.39, 0.29) is 11.8 Å². The highest BCUT2D eigenvalue weighted by molar-refractivity contribution is 6.09. The number of nitrogens with two attached hydrogens (primary N) is 1. The van der Waals surface area contributed by atoms with Gasteiger partial charge in [0.2, 0.25) is 0 Å². The molecule has 0 bridgehead atoms. The zero-order valence-electron chi connectivity index (χ0n) is 16.2. The fourth-order valence-electron chi connectivity index (χ4n) is 3.30. The Hall–Kier alpha value is -3.22.